The Kier molecular flexibility index (Phi) is 18.2. The first kappa shape index (κ1) is 46.9. The largest absolute Gasteiger partial charge is 0.0901 e. The first-order chi connectivity index (χ1) is 29.3. The van der Waals surface area contributed by atoms with E-state index < -0.39 is 0 Å². The molecule has 0 saturated heterocycles. The monoisotopic (exact) mass is 852 g/mol. The summed E-state index contributed by atoms with van der Waals surface area (Å²) >= 11 is 5.57. The molecule has 0 atom stereocenters. The Morgan fingerprint density at radius 2 is 0.508 bits per heavy atom. The van der Waals surface area contributed by atoms with Gasteiger partial charge in [0.05, 0.1) is 0 Å². The van der Waals surface area contributed by atoms with Crippen molar-refractivity contribution in [1.29, 1.82) is 0 Å². The van der Waals surface area contributed by atoms with Crippen LogP contribution < -0.4 is 0 Å². The number of rotatable bonds is 3. The standard InChI is InChI=1S/C14H12S2.C14H14S.C14H14.2C8H10/c1-9-3-5-11-13(7-9)15-12-6-4-10(2)8-14(12)16-11;1-11-3-7-13(8-4-11)15-14-9-5-12(2)6-10-14;1-11-3-7-13(8-4-11)14-9-5-12(2)6-10-14;1-7-3-5-8(2)6-4-7;1-7-4-3-5-8(2)6-7/h3-8H,1-2H3;3-10H,1-2H3;3-10H,1-2H3;2*3-6H,1-2H3. The van der Waals surface area contributed by atoms with Crippen LogP contribution in [0.2, 0.25) is 0 Å². The lowest BCUT2D eigenvalue weighted by atomic mass is 10.0. The molecule has 1 heterocycles. The van der Waals surface area contributed by atoms with Gasteiger partial charge in [0.15, 0.2) is 0 Å². The number of benzene rings is 8. The van der Waals surface area contributed by atoms with Crippen molar-refractivity contribution in [2.75, 3.05) is 0 Å². The van der Waals surface area contributed by atoms with Gasteiger partial charge in [-0.2, -0.15) is 0 Å². The normalized spacial score (nSPS) is 10.7. The van der Waals surface area contributed by atoms with Crippen molar-refractivity contribution in [3.05, 3.63) is 238 Å². The minimum atomic E-state index is 1.29. The Hall–Kier alpha value is -5.19. The minimum absolute atomic E-state index is 1.29. The van der Waals surface area contributed by atoms with Crippen molar-refractivity contribution in [2.45, 2.75) is 98.6 Å². The quantitative estimate of drug-likeness (QED) is 0.174. The molecule has 8 aromatic rings. The lowest BCUT2D eigenvalue weighted by Crippen LogP contribution is -1.90. The van der Waals surface area contributed by atoms with Crippen LogP contribution in [-0.4, -0.2) is 0 Å². The van der Waals surface area contributed by atoms with Gasteiger partial charge >= 0.3 is 0 Å². The molecule has 1 aliphatic heterocycles. The molecule has 9 rings (SSSR count). The molecule has 61 heavy (non-hydrogen) atoms. The van der Waals surface area contributed by atoms with E-state index in [4.69, 9.17) is 0 Å². The molecule has 0 amide bonds. The summed E-state index contributed by atoms with van der Waals surface area (Å²) in [6.45, 7) is 21.1. The first-order valence-electron chi connectivity index (χ1n) is 20.9. The second-order valence-corrected chi connectivity index (χ2v) is 19.2. The summed E-state index contributed by atoms with van der Waals surface area (Å²) in [5, 5.41) is 0. The molecular weight excluding hydrogens is 793 g/mol. The molecule has 0 unspecified atom stereocenters. The Morgan fingerprint density at radius 1 is 0.246 bits per heavy atom. The summed E-state index contributed by atoms with van der Waals surface area (Å²) < 4.78 is 0. The van der Waals surface area contributed by atoms with Crippen LogP contribution in [-0.2, 0) is 0 Å². The molecule has 3 heteroatoms. The lowest BCUT2D eigenvalue weighted by Gasteiger charge is -2.18. The van der Waals surface area contributed by atoms with Crippen LogP contribution >= 0.6 is 35.3 Å². The Morgan fingerprint density at radius 3 is 0.803 bits per heavy atom. The third-order valence-corrected chi connectivity index (χ3v) is 13.3. The van der Waals surface area contributed by atoms with E-state index in [1.807, 2.05) is 23.5 Å². The summed E-state index contributed by atoms with van der Waals surface area (Å²) in [6, 6.07) is 64.8. The highest BCUT2D eigenvalue weighted by atomic mass is 32.2. The fourth-order valence-corrected chi connectivity index (χ4v) is 9.29. The zero-order chi connectivity index (χ0) is 43.7. The molecule has 0 nitrogen and oxygen atoms in total. The Balaban J connectivity index is 0.000000148. The van der Waals surface area contributed by atoms with Gasteiger partial charge in [-0.1, -0.05) is 213 Å². The molecular formula is C58H60S3. The van der Waals surface area contributed by atoms with E-state index in [2.05, 4.69) is 251 Å². The van der Waals surface area contributed by atoms with Crippen LogP contribution in [0.3, 0.4) is 0 Å². The molecule has 0 aliphatic carbocycles. The third-order valence-electron chi connectivity index (χ3n) is 9.74. The summed E-state index contributed by atoms with van der Waals surface area (Å²) in [4.78, 5) is 8.14. The SMILES string of the molecule is Cc1ccc(-c2ccc(C)cc2)cc1.Cc1ccc(C)cc1.Cc1ccc(Sc2ccc(C)cc2)cc1.Cc1ccc2c(c1)Sc1ccc(C)cc1S2.Cc1cccc(C)c1. The van der Waals surface area contributed by atoms with Gasteiger partial charge in [0, 0.05) is 29.4 Å². The van der Waals surface area contributed by atoms with Crippen molar-refractivity contribution in [3.63, 3.8) is 0 Å². The van der Waals surface area contributed by atoms with E-state index in [0.29, 0.717) is 0 Å². The van der Waals surface area contributed by atoms with Crippen LogP contribution in [0.5, 0.6) is 0 Å². The first-order valence-corrected chi connectivity index (χ1v) is 23.3. The van der Waals surface area contributed by atoms with E-state index in [1.54, 1.807) is 11.8 Å². The topological polar surface area (TPSA) is 0 Å². The maximum Gasteiger partial charge on any atom is 0.0265 e. The van der Waals surface area contributed by atoms with Crippen molar-refractivity contribution >= 4 is 35.3 Å². The van der Waals surface area contributed by atoms with Crippen molar-refractivity contribution in [1.82, 2.24) is 0 Å². The van der Waals surface area contributed by atoms with Crippen LogP contribution in [0, 0.1) is 69.2 Å². The summed E-state index contributed by atoms with van der Waals surface area (Å²) in [7, 11) is 0. The molecule has 0 bridgehead atoms. The minimum Gasteiger partial charge on any atom is -0.0901 e. The molecule has 310 valence electrons. The predicted octanol–water partition coefficient (Wildman–Crippen LogP) is 18.0. The molecule has 0 spiro atoms. The van der Waals surface area contributed by atoms with Crippen LogP contribution in [0.15, 0.2) is 211 Å². The van der Waals surface area contributed by atoms with Gasteiger partial charge in [-0.25, -0.2) is 0 Å². The predicted molar refractivity (Wildman–Crippen MR) is 270 cm³/mol. The van der Waals surface area contributed by atoms with E-state index in [-0.39, 0.29) is 0 Å². The van der Waals surface area contributed by atoms with E-state index in [1.165, 1.54) is 96.1 Å². The third kappa shape index (κ3) is 16.3. The average Bonchev–Trinajstić information content (AvgIpc) is 3.24. The lowest BCUT2D eigenvalue weighted by molar-refractivity contribution is 1.13. The Bertz CT molecular complexity index is 2370. The number of hydrogen-bond donors (Lipinski definition) is 0. The smallest absolute Gasteiger partial charge is 0.0265 e. The van der Waals surface area contributed by atoms with E-state index in [0.717, 1.165) is 0 Å². The highest BCUT2D eigenvalue weighted by Crippen LogP contribution is 2.48. The van der Waals surface area contributed by atoms with Gasteiger partial charge in [-0.3, -0.25) is 0 Å². The molecule has 0 saturated carbocycles. The molecule has 0 radical (unpaired) electrons. The maximum absolute atomic E-state index is 2.27. The fourth-order valence-electron chi connectivity index (χ4n) is 6.08. The summed E-state index contributed by atoms with van der Waals surface area (Å²) in [6.07, 6.45) is 0. The zero-order valence-corrected chi connectivity index (χ0v) is 40.0. The van der Waals surface area contributed by atoms with Gasteiger partial charge in [0.1, 0.15) is 0 Å². The van der Waals surface area contributed by atoms with Crippen molar-refractivity contribution < 1.29 is 0 Å². The second-order valence-electron chi connectivity index (χ2n) is 15.9. The van der Waals surface area contributed by atoms with Gasteiger partial charge < -0.3 is 0 Å². The van der Waals surface area contributed by atoms with Gasteiger partial charge in [-0.05, 0) is 140 Å². The van der Waals surface area contributed by atoms with Crippen LogP contribution in [0.25, 0.3) is 11.1 Å². The van der Waals surface area contributed by atoms with Gasteiger partial charge in [0.25, 0.3) is 0 Å². The second kappa shape index (κ2) is 23.7. The molecule has 0 fully saturated rings. The fraction of sp³-hybridized carbons (Fsp3) is 0.172. The van der Waals surface area contributed by atoms with E-state index >= 15 is 0 Å². The zero-order valence-electron chi connectivity index (χ0n) is 37.5. The van der Waals surface area contributed by atoms with Gasteiger partial charge in [-0.15, -0.1) is 0 Å². The number of hydrogen-bond acceptors (Lipinski definition) is 3. The maximum atomic E-state index is 2.27. The molecule has 0 aromatic heterocycles. The summed E-state index contributed by atoms with van der Waals surface area (Å²) in [5.41, 5.74) is 15.8. The average molecular weight is 853 g/mol. The molecule has 8 aromatic carbocycles. The summed E-state index contributed by atoms with van der Waals surface area (Å²) in [5.74, 6) is 0. The van der Waals surface area contributed by atoms with Crippen molar-refractivity contribution in [3.8, 4) is 11.1 Å². The van der Waals surface area contributed by atoms with E-state index in [9.17, 15) is 0 Å². The Labute approximate surface area is 380 Å². The highest BCUT2D eigenvalue weighted by Gasteiger charge is 2.16. The molecule has 0 N–H and O–H groups in total. The molecule has 1 aliphatic rings. The van der Waals surface area contributed by atoms with Gasteiger partial charge in [0.2, 0.25) is 0 Å². The number of aryl methyl sites for hydroxylation is 10. The van der Waals surface area contributed by atoms with Crippen LogP contribution in [0.1, 0.15) is 55.6 Å². The van der Waals surface area contributed by atoms with Crippen molar-refractivity contribution in [2.24, 2.45) is 0 Å². The highest BCUT2D eigenvalue weighted by molar-refractivity contribution is 8.05. The number of fused-ring (bicyclic) bond motifs is 2. The van der Waals surface area contributed by atoms with Crippen LogP contribution in [0.4, 0.5) is 0 Å².